The molecule has 4 bridgehead atoms. The summed E-state index contributed by atoms with van der Waals surface area (Å²) in [5, 5.41) is 3.16. The van der Waals surface area contributed by atoms with E-state index in [9.17, 15) is 9.59 Å². The highest BCUT2D eigenvalue weighted by Gasteiger charge is 2.37. The Kier molecular flexibility index (Phi) is 8.78. The van der Waals surface area contributed by atoms with E-state index in [4.69, 9.17) is 18.9 Å². The van der Waals surface area contributed by atoms with Crippen molar-refractivity contribution >= 4 is 11.8 Å². The molecular weight excluding hydrogens is 548 g/mol. The normalized spacial score (nSPS) is 21.4. The van der Waals surface area contributed by atoms with E-state index in [1.807, 2.05) is 83.6 Å². The van der Waals surface area contributed by atoms with E-state index >= 15 is 0 Å². The van der Waals surface area contributed by atoms with Crippen molar-refractivity contribution in [2.75, 3.05) is 53.5 Å². The number of carbonyl (C=O) groups is 2. The van der Waals surface area contributed by atoms with Gasteiger partial charge in [0.15, 0.2) is 11.5 Å². The van der Waals surface area contributed by atoms with Crippen LogP contribution in [0.5, 0.6) is 23.0 Å². The Balaban J connectivity index is 1.18. The SMILES string of the molecule is COc1ccc2cc1Oc1cccc(c1)CO[C@H]1CN(C(=O)CN3CCOc4ccccc4C3)C[C@@H]1NC(=O)CN(C)C2. The van der Waals surface area contributed by atoms with Crippen molar-refractivity contribution < 1.29 is 28.5 Å². The van der Waals surface area contributed by atoms with Gasteiger partial charge in [-0.25, -0.2) is 0 Å². The number of carbonyl (C=O) groups excluding carboxylic acids is 2. The molecule has 0 saturated carbocycles. The lowest BCUT2D eigenvalue weighted by Gasteiger charge is -2.23. The van der Waals surface area contributed by atoms with Gasteiger partial charge in [0.1, 0.15) is 18.1 Å². The molecule has 10 heteroatoms. The molecule has 1 saturated heterocycles. The predicted molar refractivity (Wildman–Crippen MR) is 160 cm³/mol. The van der Waals surface area contributed by atoms with Crippen LogP contribution < -0.4 is 19.5 Å². The summed E-state index contributed by atoms with van der Waals surface area (Å²) in [6, 6.07) is 21.2. The van der Waals surface area contributed by atoms with Gasteiger partial charge in [-0.3, -0.25) is 19.4 Å². The Labute approximate surface area is 252 Å². The number of ether oxygens (including phenoxy) is 4. The largest absolute Gasteiger partial charge is 0.493 e. The molecule has 3 aromatic carbocycles. The number of hydrogen-bond donors (Lipinski definition) is 1. The van der Waals surface area contributed by atoms with E-state index in [1.54, 1.807) is 7.11 Å². The van der Waals surface area contributed by atoms with Crippen molar-refractivity contribution in [3.05, 3.63) is 83.4 Å². The average molecular weight is 587 g/mol. The lowest BCUT2D eigenvalue weighted by atomic mass is 10.1. The minimum Gasteiger partial charge on any atom is -0.493 e. The summed E-state index contributed by atoms with van der Waals surface area (Å²) in [5.74, 6) is 2.67. The van der Waals surface area contributed by atoms with Gasteiger partial charge in [-0.05, 0) is 48.5 Å². The van der Waals surface area contributed by atoms with Gasteiger partial charge >= 0.3 is 0 Å². The number of rotatable bonds is 3. The summed E-state index contributed by atoms with van der Waals surface area (Å²) in [7, 11) is 3.51. The quantitative estimate of drug-likeness (QED) is 0.501. The first kappa shape index (κ1) is 29.0. The Hall–Kier alpha value is -4.12. The zero-order valence-corrected chi connectivity index (χ0v) is 24.7. The lowest BCUT2D eigenvalue weighted by Crippen LogP contribution is -2.47. The Morgan fingerprint density at radius 1 is 0.977 bits per heavy atom. The van der Waals surface area contributed by atoms with Gasteiger partial charge in [0.2, 0.25) is 11.8 Å². The zero-order valence-electron chi connectivity index (χ0n) is 24.7. The molecule has 226 valence electrons. The molecule has 0 aliphatic carbocycles. The second kappa shape index (κ2) is 13.0. The summed E-state index contributed by atoms with van der Waals surface area (Å²) < 4.78 is 24.0. The molecule has 1 N–H and O–H groups in total. The Morgan fingerprint density at radius 2 is 1.86 bits per heavy atom. The number of likely N-dealkylation sites (tertiary alicyclic amines) is 1. The van der Waals surface area contributed by atoms with Crippen LogP contribution >= 0.6 is 0 Å². The maximum atomic E-state index is 13.5. The number of hydrogen-bond acceptors (Lipinski definition) is 8. The van der Waals surface area contributed by atoms with E-state index in [-0.39, 0.29) is 37.0 Å². The van der Waals surface area contributed by atoms with Gasteiger partial charge in [-0.1, -0.05) is 36.4 Å². The molecule has 0 radical (unpaired) electrons. The molecule has 0 spiro atoms. The summed E-state index contributed by atoms with van der Waals surface area (Å²) >= 11 is 0. The van der Waals surface area contributed by atoms with Gasteiger partial charge in [0, 0.05) is 38.3 Å². The average Bonchev–Trinajstić information content (AvgIpc) is 3.27. The number of likely N-dealkylation sites (N-methyl/N-ethyl adjacent to an activating group) is 1. The molecule has 3 heterocycles. The van der Waals surface area contributed by atoms with Crippen LogP contribution in [0.2, 0.25) is 0 Å². The Morgan fingerprint density at radius 3 is 2.74 bits per heavy atom. The van der Waals surface area contributed by atoms with Gasteiger partial charge in [-0.2, -0.15) is 0 Å². The van der Waals surface area contributed by atoms with Crippen LogP contribution in [0, 0.1) is 0 Å². The van der Waals surface area contributed by atoms with Gasteiger partial charge in [0.25, 0.3) is 0 Å². The highest BCUT2D eigenvalue weighted by molar-refractivity contribution is 5.80. The fourth-order valence-corrected chi connectivity index (χ4v) is 5.88. The minimum atomic E-state index is -0.350. The van der Waals surface area contributed by atoms with Gasteiger partial charge < -0.3 is 29.2 Å². The first-order valence-corrected chi connectivity index (χ1v) is 14.7. The molecule has 0 unspecified atom stereocenters. The number of nitrogens with zero attached hydrogens (tertiary/aromatic N) is 3. The third-order valence-electron chi connectivity index (χ3n) is 8.04. The summed E-state index contributed by atoms with van der Waals surface area (Å²) in [6.45, 7) is 3.97. The van der Waals surface area contributed by atoms with Crippen molar-refractivity contribution in [1.82, 2.24) is 20.0 Å². The summed E-state index contributed by atoms with van der Waals surface area (Å²) in [6.07, 6.45) is -0.350. The number of methoxy groups -OCH3 is 1. The molecule has 2 amide bonds. The van der Waals surface area contributed by atoms with Crippen LogP contribution in [0.3, 0.4) is 0 Å². The molecule has 0 aromatic heterocycles. The van der Waals surface area contributed by atoms with E-state index in [0.717, 1.165) is 22.4 Å². The minimum absolute atomic E-state index is 0.0105. The second-order valence-electron chi connectivity index (χ2n) is 11.4. The van der Waals surface area contributed by atoms with Crippen LogP contribution in [0.1, 0.15) is 16.7 Å². The van der Waals surface area contributed by atoms with Crippen LogP contribution in [0.15, 0.2) is 66.7 Å². The standard InChI is InChI=1S/C33H38N4O6/c1-35-16-23-10-11-29(40-2)30(15-23)43-26-8-5-6-24(14-26)22-42-31-19-37(18-27(31)34-32(38)20-35)33(39)21-36-12-13-41-28-9-4-3-7-25(28)17-36/h3-11,14-15,27,31H,12-13,16-22H2,1-2H3,(H,34,38)/t27-,31-/m0/s1. The lowest BCUT2D eigenvalue weighted by molar-refractivity contribution is -0.132. The van der Waals surface area contributed by atoms with Crippen molar-refractivity contribution in [2.45, 2.75) is 31.8 Å². The second-order valence-corrected chi connectivity index (χ2v) is 11.4. The Bertz CT molecular complexity index is 1460. The summed E-state index contributed by atoms with van der Waals surface area (Å²) in [4.78, 5) is 32.6. The number of nitrogens with one attached hydrogen (secondary N) is 1. The molecule has 1 fully saturated rings. The summed E-state index contributed by atoms with van der Waals surface area (Å²) in [5.41, 5.74) is 3.00. The fourth-order valence-electron chi connectivity index (χ4n) is 5.88. The first-order chi connectivity index (χ1) is 20.9. The number of benzene rings is 3. The first-order valence-electron chi connectivity index (χ1n) is 14.7. The van der Waals surface area contributed by atoms with Crippen molar-refractivity contribution in [2.24, 2.45) is 0 Å². The molecule has 43 heavy (non-hydrogen) atoms. The molecular formula is C33H38N4O6. The van der Waals surface area contributed by atoms with Crippen molar-refractivity contribution in [3.8, 4) is 23.0 Å². The van der Waals surface area contributed by atoms with Crippen LogP contribution in [0.25, 0.3) is 0 Å². The smallest absolute Gasteiger partial charge is 0.236 e. The molecule has 10 nitrogen and oxygen atoms in total. The molecule has 3 aromatic rings. The number of amides is 2. The topological polar surface area (TPSA) is 92.8 Å². The van der Waals surface area contributed by atoms with Crippen LogP contribution in [-0.4, -0.2) is 92.1 Å². The molecule has 2 atom stereocenters. The van der Waals surface area contributed by atoms with E-state index in [2.05, 4.69) is 10.2 Å². The fraction of sp³-hybridized carbons (Fsp3) is 0.394. The zero-order chi connectivity index (χ0) is 29.8. The monoisotopic (exact) mass is 586 g/mol. The van der Waals surface area contributed by atoms with Crippen LogP contribution in [-0.2, 0) is 34.0 Å². The van der Waals surface area contributed by atoms with Gasteiger partial charge in [0.05, 0.1) is 39.0 Å². The molecule has 3 aliphatic rings. The highest BCUT2D eigenvalue weighted by atomic mass is 16.5. The van der Waals surface area contributed by atoms with Gasteiger partial charge in [-0.15, -0.1) is 0 Å². The van der Waals surface area contributed by atoms with E-state index < -0.39 is 0 Å². The van der Waals surface area contributed by atoms with Crippen LogP contribution in [0.4, 0.5) is 0 Å². The maximum absolute atomic E-state index is 13.5. The molecule has 3 aliphatic heterocycles. The van der Waals surface area contributed by atoms with E-state index in [1.165, 1.54) is 0 Å². The van der Waals surface area contributed by atoms with Crippen molar-refractivity contribution in [3.63, 3.8) is 0 Å². The third kappa shape index (κ3) is 7.10. The van der Waals surface area contributed by atoms with E-state index in [0.29, 0.717) is 63.2 Å². The number of fused-ring (bicyclic) bond motifs is 6. The van der Waals surface area contributed by atoms with Crippen molar-refractivity contribution in [1.29, 1.82) is 0 Å². The molecule has 6 rings (SSSR count). The third-order valence-corrected chi connectivity index (χ3v) is 8.04. The number of para-hydroxylation sites is 1. The highest BCUT2D eigenvalue weighted by Crippen LogP contribution is 2.33. The maximum Gasteiger partial charge on any atom is 0.236 e. The predicted octanol–water partition coefficient (Wildman–Crippen LogP) is 3.04.